The topological polar surface area (TPSA) is 75.6 Å². The Kier molecular flexibility index (Phi) is 4.99. The number of hydrogen-bond donors (Lipinski definition) is 2. The third-order valence-electron chi connectivity index (χ3n) is 5.15. The zero-order valence-electron chi connectivity index (χ0n) is 15.6. The molecule has 0 saturated heterocycles. The standard InChI is InChI=1S/C23H18ClNO4/c1-13-10-11-19(24)20(22(26)27)21(13)25-23(28)29-12-18-16-8-4-2-6-14(16)15-7-3-5-9-17(15)18/h2-11,18H,12H2,1H3,(H,25,28)(H,26,27). The van der Waals surface area contributed by atoms with Crippen LogP contribution in [0, 0.1) is 6.92 Å². The molecule has 0 bridgehead atoms. The van der Waals surface area contributed by atoms with Gasteiger partial charge in [0, 0.05) is 5.92 Å². The number of carbonyl (C=O) groups excluding carboxylic acids is 1. The summed E-state index contributed by atoms with van der Waals surface area (Å²) < 4.78 is 5.49. The van der Waals surface area contributed by atoms with Gasteiger partial charge in [-0.3, -0.25) is 5.32 Å². The van der Waals surface area contributed by atoms with Crippen LogP contribution in [0.1, 0.15) is 33.0 Å². The van der Waals surface area contributed by atoms with Crippen LogP contribution in [0.15, 0.2) is 60.7 Å². The van der Waals surface area contributed by atoms with Crippen LogP contribution in [0.25, 0.3) is 11.1 Å². The SMILES string of the molecule is Cc1ccc(Cl)c(C(=O)O)c1NC(=O)OCC1c2ccccc2-c2ccccc21. The average molecular weight is 408 g/mol. The largest absolute Gasteiger partial charge is 0.478 e. The van der Waals surface area contributed by atoms with Crippen LogP contribution in [-0.4, -0.2) is 23.8 Å². The molecular weight excluding hydrogens is 390 g/mol. The molecule has 0 saturated carbocycles. The predicted octanol–water partition coefficient (Wildman–Crippen LogP) is 5.71. The summed E-state index contributed by atoms with van der Waals surface area (Å²) in [6.07, 6.45) is -0.722. The Bertz CT molecular complexity index is 1080. The Labute approximate surface area is 172 Å². The van der Waals surface area contributed by atoms with Crippen molar-refractivity contribution in [3.63, 3.8) is 0 Å². The molecule has 0 fully saturated rings. The molecular formula is C23H18ClNO4. The molecule has 0 unspecified atom stereocenters. The first-order valence-corrected chi connectivity index (χ1v) is 9.49. The zero-order valence-corrected chi connectivity index (χ0v) is 16.4. The van der Waals surface area contributed by atoms with E-state index in [1.807, 2.05) is 36.4 Å². The first kappa shape index (κ1) is 19.0. The fourth-order valence-corrected chi connectivity index (χ4v) is 4.03. The van der Waals surface area contributed by atoms with E-state index >= 15 is 0 Å². The first-order valence-electron chi connectivity index (χ1n) is 9.11. The Morgan fingerprint density at radius 2 is 1.59 bits per heavy atom. The van der Waals surface area contributed by atoms with Crippen LogP contribution >= 0.6 is 11.6 Å². The molecule has 0 spiro atoms. The number of nitrogens with one attached hydrogen (secondary N) is 1. The van der Waals surface area contributed by atoms with E-state index in [2.05, 4.69) is 17.4 Å². The van der Waals surface area contributed by atoms with Gasteiger partial charge in [-0.05, 0) is 40.8 Å². The van der Waals surface area contributed by atoms with Gasteiger partial charge in [0.25, 0.3) is 0 Å². The van der Waals surface area contributed by atoms with Gasteiger partial charge < -0.3 is 9.84 Å². The van der Waals surface area contributed by atoms with Crippen LogP contribution in [0.2, 0.25) is 5.02 Å². The number of aromatic carboxylic acids is 1. The van der Waals surface area contributed by atoms with E-state index in [9.17, 15) is 14.7 Å². The van der Waals surface area contributed by atoms with E-state index in [0.717, 1.165) is 22.3 Å². The number of fused-ring (bicyclic) bond motifs is 3. The molecule has 1 amide bonds. The van der Waals surface area contributed by atoms with Crippen molar-refractivity contribution in [3.05, 3.63) is 87.9 Å². The van der Waals surface area contributed by atoms with E-state index in [0.29, 0.717) is 5.56 Å². The second kappa shape index (κ2) is 7.60. The van der Waals surface area contributed by atoms with Crippen molar-refractivity contribution in [2.75, 3.05) is 11.9 Å². The lowest BCUT2D eigenvalue weighted by molar-refractivity contribution is 0.0698. The van der Waals surface area contributed by atoms with Gasteiger partial charge in [0.15, 0.2) is 0 Å². The second-order valence-electron chi connectivity index (χ2n) is 6.87. The smallest absolute Gasteiger partial charge is 0.411 e. The lowest BCUT2D eigenvalue weighted by Crippen LogP contribution is -2.20. The quantitative estimate of drug-likeness (QED) is 0.581. The summed E-state index contributed by atoms with van der Waals surface area (Å²) in [5.74, 6) is -1.29. The maximum atomic E-state index is 12.5. The van der Waals surface area contributed by atoms with E-state index in [1.54, 1.807) is 13.0 Å². The predicted molar refractivity (Wildman–Crippen MR) is 112 cm³/mol. The number of aryl methyl sites for hydroxylation is 1. The number of halogens is 1. The summed E-state index contributed by atoms with van der Waals surface area (Å²) in [4.78, 5) is 24.0. The molecule has 5 nitrogen and oxygen atoms in total. The molecule has 0 aliphatic heterocycles. The summed E-state index contributed by atoms with van der Waals surface area (Å²) in [6, 6.07) is 19.2. The van der Waals surface area contributed by atoms with Crippen molar-refractivity contribution in [1.82, 2.24) is 0 Å². The highest BCUT2D eigenvalue weighted by molar-refractivity contribution is 6.34. The normalized spacial score (nSPS) is 12.2. The number of benzene rings is 3. The minimum absolute atomic E-state index is 0.0528. The van der Waals surface area contributed by atoms with Crippen LogP contribution < -0.4 is 5.32 Å². The lowest BCUT2D eigenvalue weighted by atomic mass is 9.98. The molecule has 0 atom stereocenters. The fraction of sp³-hybridized carbons (Fsp3) is 0.130. The highest BCUT2D eigenvalue weighted by atomic mass is 35.5. The molecule has 2 N–H and O–H groups in total. The van der Waals surface area contributed by atoms with E-state index in [1.165, 1.54) is 6.07 Å². The molecule has 146 valence electrons. The Morgan fingerprint density at radius 3 is 2.17 bits per heavy atom. The van der Waals surface area contributed by atoms with Gasteiger partial charge in [-0.2, -0.15) is 0 Å². The monoisotopic (exact) mass is 407 g/mol. The molecule has 6 heteroatoms. The van der Waals surface area contributed by atoms with Crippen molar-refractivity contribution < 1.29 is 19.4 Å². The highest BCUT2D eigenvalue weighted by Crippen LogP contribution is 2.44. The number of hydrogen-bond acceptors (Lipinski definition) is 3. The summed E-state index contributed by atoms with van der Waals surface area (Å²) in [7, 11) is 0. The molecule has 1 aliphatic carbocycles. The Morgan fingerprint density at radius 1 is 1.00 bits per heavy atom. The van der Waals surface area contributed by atoms with Crippen LogP contribution in [-0.2, 0) is 4.74 Å². The third-order valence-corrected chi connectivity index (χ3v) is 5.46. The average Bonchev–Trinajstić information content (AvgIpc) is 3.03. The van der Waals surface area contributed by atoms with Gasteiger partial charge in [-0.25, -0.2) is 9.59 Å². The lowest BCUT2D eigenvalue weighted by Gasteiger charge is -2.16. The molecule has 1 aliphatic rings. The van der Waals surface area contributed by atoms with Gasteiger partial charge in [0.2, 0.25) is 0 Å². The van der Waals surface area contributed by atoms with Crippen LogP contribution in [0.4, 0.5) is 10.5 Å². The van der Waals surface area contributed by atoms with Crippen LogP contribution in [0.5, 0.6) is 0 Å². The zero-order chi connectivity index (χ0) is 20.5. The third kappa shape index (κ3) is 3.45. The number of amides is 1. The van der Waals surface area contributed by atoms with E-state index < -0.39 is 12.1 Å². The van der Waals surface area contributed by atoms with Crippen molar-refractivity contribution in [3.8, 4) is 11.1 Å². The number of anilines is 1. The number of ether oxygens (including phenoxy) is 1. The summed E-state index contributed by atoms with van der Waals surface area (Å²) in [5, 5.41) is 12.0. The molecule has 3 aromatic rings. The Hall–Kier alpha value is -3.31. The molecule has 29 heavy (non-hydrogen) atoms. The molecule has 4 rings (SSSR count). The summed E-state index contributed by atoms with van der Waals surface area (Å²) in [6.45, 7) is 1.84. The Balaban J connectivity index is 1.55. The van der Waals surface area contributed by atoms with E-state index in [4.69, 9.17) is 16.3 Å². The van der Waals surface area contributed by atoms with Gasteiger partial charge in [-0.15, -0.1) is 0 Å². The first-order chi connectivity index (χ1) is 14.0. The van der Waals surface area contributed by atoms with Crippen molar-refractivity contribution in [1.29, 1.82) is 0 Å². The molecule has 0 aromatic heterocycles. The van der Waals surface area contributed by atoms with E-state index in [-0.39, 0.29) is 28.8 Å². The van der Waals surface area contributed by atoms with Crippen molar-refractivity contribution in [2.45, 2.75) is 12.8 Å². The fourth-order valence-electron chi connectivity index (χ4n) is 3.79. The van der Waals surface area contributed by atoms with Gasteiger partial charge in [-0.1, -0.05) is 66.2 Å². The molecule has 0 heterocycles. The molecule has 0 radical (unpaired) electrons. The van der Waals surface area contributed by atoms with Gasteiger partial charge >= 0.3 is 12.1 Å². The number of rotatable bonds is 4. The highest BCUT2D eigenvalue weighted by Gasteiger charge is 2.29. The minimum atomic E-state index is -1.22. The minimum Gasteiger partial charge on any atom is -0.478 e. The van der Waals surface area contributed by atoms with Gasteiger partial charge in [0.1, 0.15) is 12.2 Å². The number of carboxylic acid groups (broad SMARTS) is 1. The molecule has 3 aromatic carbocycles. The number of carbonyl (C=O) groups is 2. The van der Waals surface area contributed by atoms with Crippen LogP contribution in [0.3, 0.4) is 0 Å². The summed E-state index contributed by atoms with van der Waals surface area (Å²) in [5.41, 5.74) is 5.05. The number of carboxylic acids is 1. The van der Waals surface area contributed by atoms with Crippen molar-refractivity contribution >= 4 is 29.4 Å². The van der Waals surface area contributed by atoms with Crippen molar-refractivity contribution in [2.24, 2.45) is 0 Å². The van der Waals surface area contributed by atoms with Gasteiger partial charge in [0.05, 0.1) is 10.7 Å². The maximum Gasteiger partial charge on any atom is 0.411 e. The maximum absolute atomic E-state index is 12.5. The summed E-state index contributed by atoms with van der Waals surface area (Å²) >= 11 is 6.00. The second-order valence-corrected chi connectivity index (χ2v) is 7.28.